The average molecular weight is 629 g/mol. The maximum absolute atomic E-state index is 8.49. The quantitative estimate of drug-likeness (QED) is 0.264. The molecule has 0 saturated carbocycles. The third-order valence-electron chi connectivity index (χ3n) is 7.51. The van der Waals surface area contributed by atoms with Crippen LogP contribution in [-0.4, -0.2) is 11.9 Å². The Labute approximate surface area is 271 Å². The SMILES string of the molecule is CN1C(c2ccccc2)=CC(=C/C=C/c2cc(-c3ccccc3)[n+](C)c(-c3ccccc3)c2)C=C1c1ccccc1.[O-][Cl+3]([O-])([O-])[O-]. The fourth-order valence-corrected chi connectivity index (χ4v) is 5.37. The van der Waals surface area contributed by atoms with Crippen molar-refractivity contribution < 1.29 is 33.4 Å². The van der Waals surface area contributed by atoms with Gasteiger partial charge in [0.05, 0.1) is 0 Å². The van der Waals surface area contributed by atoms with Gasteiger partial charge >= 0.3 is 0 Å². The molecule has 0 spiro atoms. The lowest BCUT2D eigenvalue weighted by atomic mass is 9.98. The van der Waals surface area contributed by atoms with Gasteiger partial charge in [-0.15, -0.1) is 10.2 Å². The molecule has 46 heavy (non-hydrogen) atoms. The predicted molar refractivity (Wildman–Crippen MR) is 172 cm³/mol. The van der Waals surface area contributed by atoms with Crippen LogP contribution in [0.2, 0.25) is 0 Å². The van der Waals surface area contributed by atoms with E-state index in [1.54, 1.807) is 0 Å². The Morgan fingerprint density at radius 1 is 0.565 bits per heavy atom. The smallest absolute Gasteiger partial charge is 0.213 e. The third kappa shape index (κ3) is 8.55. The van der Waals surface area contributed by atoms with Gasteiger partial charge < -0.3 is 4.90 Å². The van der Waals surface area contributed by atoms with Crippen LogP contribution in [0.1, 0.15) is 16.7 Å². The zero-order chi connectivity index (χ0) is 32.5. The van der Waals surface area contributed by atoms with Crippen molar-refractivity contribution in [1.82, 2.24) is 4.90 Å². The van der Waals surface area contributed by atoms with Gasteiger partial charge in [-0.2, -0.15) is 4.57 Å². The minimum atomic E-state index is -4.94. The van der Waals surface area contributed by atoms with Crippen molar-refractivity contribution in [3.8, 4) is 22.5 Å². The molecule has 0 amide bonds. The number of allylic oxidation sites excluding steroid dienone is 5. The van der Waals surface area contributed by atoms with E-state index in [0.29, 0.717) is 0 Å². The third-order valence-corrected chi connectivity index (χ3v) is 7.51. The summed E-state index contributed by atoms with van der Waals surface area (Å²) in [6, 6.07) is 46.9. The van der Waals surface area contributed by atoms with Gasteiger partial charge in [-0.05, 0) is 58.7 Å². The summed E-state index contributed by atoms with van der Waals surface area (Å²) in [4.78, 5) is 2.28. The van der Waals surface area contributed by atoms with Crippen molar-refractivity contribution in [3.05, 3.63) is 180 Å². The average Bonchev–Trinajstić information content (AvgIpc) is 3.07. The predicted octanol–water partition coefficient (Wildman–Crippen LogP) is 4.06. The molecule has 0 saturated heterocycles. The summed E-state index contributed by atoms with van der Waals surface area (Å²) in [5.41, 5.74) is 11.8. The summed E-state index contributed by atoms with van der Waals surface area (Å²) in [6.45, 7) is 0. The van der Waals surface area contributed by atoms with Gasteiger partial charge in [0.1, 0.15) is 7.05 Å². The minimum Gasteiger partial charge on any atom is -0.344 e. The summed E-state index contributed by atoms with van der Waals surface area (Å²) in [7, 11) is -0.658. The molecule has 4 aromatic carbocycles. The number of halogens is 1. The molecule has 230 valence electrons. The van der Waals surface area contributed by atoms with Crippen LogP contribution in [0.15, 0.2) is 163 Å². The largest absolute Gasteiger partial charge is 0.344 e. The first-order valence-corrected chi connectivity index (χ1v) is 15.8. The Morgan fingerprint density at radius 2 is 0.913 bits per heavy atom. The van der Waals surface area contributed by atoms with Crippen LogP contribution in [0, 0.1) is 10.2 Å². The van der Waals surface area contributed by atoms with Crippen LogP contribution in [-0.2, 0) is 7.05 Å². The number of hydrogen-bond acceptors (Lipinski definition) is 5. The van der Waals surface area contributed by atoms with Crippen LogP contribution in [0.5, 0.6) is 0 Å². The zero-order valence-electron chi connectivity index (χ0n) is 25.5. The maximum Gasteiger partial charge on any atom is 0.213 e. The van der Waals surface area contributed by atoms with Gasteiger partial charge in [0.15, 0.2) is 0 Å². The molecule has 0 N–H and O–H groups in total. The lowest BCUT2D eigenvalue weighted by Crippen LogP contribution is -2.68. The van der Waals surface area contributed by atoms with Crippen LogP contribution in [0.4, 0.5) is 0 Å². The summed E-state index contributed by atoms with van der Waals surface area (Å²) < 4.78 is 36.3. The first kappa shape index (κ1) is 32.3. The Morgan fingerprint density at radius 3 is 1.28 bits per heavy atom. The number of aromatic nitrogens is 1. The minimum absolute atomic E-state index is 1.16. The second-order valence-corrected chi connectivity index (χ2v) is 11.4. The zero-order valence-corrected chi connectivity index (χ0v) is 26.2. The standard InChI is InChI=1S/C39H33N2.ClHO4/c1-40-36(32-18-7-3-8-19-32)26-30(27-37(40)33-20-9-4-10-21-33)16-15-17-31-28-38(34-22-11-5-12-23-34)41(2)39(29-31)35-24-13-6-14-25-35;2-1(3,4)5/h3-29H,1-2H3;(H,2,3,4,5)/q+1;/p-1. The topological polar surface area (TPSA) is 99.4 Å². The Bertz CT molecular complexity index is 1760. The van der Waals surface area contributed by atoms with Crippen molar-refractivity contribution in [2.45, 2.75) is 0 Å². The Kier molecular flexibility index (Phi) is 10.4. The fourth-order valence-electron chi connectivity index (χ4n) is 5.37. The van der Waals surface area contributed by atoms with E-state index in [4.69, 9.17) is 18.6 Å². The number of pyridine rings is 1. The normalized spacial score (nSPS) is 13.1. The van der Waals surface area contributed by atoms with E-state index >= 15 is 0 Å². The van der Waals surface area contributed by atoms with Crippen LogP contribution in [0.25, 0.3) is 40.0 Å². The lowest BCUT2D eigenvalue weighted by molar-refractivity contribution is -2.00. The molecule has 0 bridgehead atoms. The van der Waals surface area contributed by atoms with Crippen LogP contribution >= 0.6 is 0 Å². The van der Waals surface area contributed by atoms with E-state index in [0.717, 1.165) is 11.1 Å². The van der Waals surface area contributed by atoms with Gasteiger partial charge in [0, 0.05) is 41.7 Å². The molecule has 6 nitrogen and oxygen atoms in total. The van der Waals surface area contributed by atoms with E-state index in [1.165, 1.54) is 45.0 Å². The van der Waals surface area contributed by atoms with E-state index in [2.05, 4.69) is 187 Å². The highest BCUT2D eigenvalue weighted by atomic mass is 35.7. The number of benzene rings is 4. The molecule has 2 heterocycles. The second-order valence-electron chi connectivity index (χ2n) is 10.6. The van der Waals surface area contributed by atoms with Gasteiger partial charge in [-0.3, -0.25) is 0 Å². The van der Waals surface area contributed by atoms with Gasteiger partial charge in [-0.1, -0.05) is 115 Å². The van der Waals surface area contributed by atoms with Crippen molar-refractivity contribution >= 4 is 17.5 Å². The van der Waals surface area contributed by atoms with Crippen LogP contribution in [0.3, 0.4) is 0 Å². The summed E-state index contributed by atoms with van der Waals surface area (Å²) in [5.74, 6) is 0. The highest BCUT2D eigenvalue weighted by Gasteiger charge is 2.19. The molecule has 7 heteroatoms. The van der Waals surface area contributed by atoms with E-state index in [9.17, 15) is 0 Å². The summed E-state index contributed by atoms with van der Waals surface area (Å²) in [5, 5.41) is 0. The van der Waals surface area contributed by atoms with Crippen molar-refractivity contribution in [1.29, 1.82) is 0 Å². The summed E-state index contributed by atoms with van der Waals surface area (Å²) in [6.07, 6.45) is 11.1. The number of nitrogens with zero attached hydrogens (tertiary/aromatic N) is 2. The van der Waals surface area contributed by atoms with Gasteiger partial charge in [0.25, 0.3) is 0 Å². The van der Waals surface area contributed by atoms with Crippen LogP contribution < -0.4 is 23.2 Å². The molecular weight excluding hydrogens is 596 g/mol. The molecule has 0 fully saturated rings. The van der Waals surface area contributed by atoms with Crippen molar-refractivity contribution in [3.63, 3.8) is 0 Å². The first-order valence-electron chi connectivity index (χ1n) is 14.6. The fraction of sp³-hybridized carbons (Fsp3) is 0.0513. The molecule has 0 atom stereocenters. The molecule has 6 rings (SSSR count). The monoisotopic (exact) mass is 628 g/mol. The Hall–Kier alpha value is -5.08. The lowest BCUT2D eigenvalue weighted by Gasteiger charge is -2.30. The Balaban J connectivity index is 0.000000775. The second kappa shape index (κ2) is 14.8. The molecule has 5 aromatic rings. The molecule has 0 aliphatic carbocycles. The van der Waals surface area contributed by atoms with Gasteiger partial charge in [0.2, 0.25) is 11.4 Å². The molecule has 1 aliphatic heterocycles. The molecule has 0 unspecified atom stereocenters. The van der Waals surface area contributed by atoms with Crippen molar-refractivity contribution in [2.75, 3.05) is 7.05 Å². The van der Waals surface area contributed by atoms with Gasteiger partial charge in [-0.25, -0.2) is 18.6 Å². The highest BCUT2D eigenvalue weighted by Crippen LogP contribution is 2.34. The van der Waals surface area contributed by atoms with E-state index in [1.807, 2.05) is 0 Å². The first-order chi connectivity index (χ1) is 22.2. The molecule has 1 aromatic heterocycles. The van der Waals surface area contributed by atoms with E-state index in [-0.39, 0.29) is 0 Å². The van der Waals surface area contributed by atoms with Crippen molar-refractivity contribution in [2.24, 2.45) is 7.05 Å². The molecule has 1 aliphatic rings. The number of rotatable bonds is 6. The maximum atomic E-state index is 8.49. The highest BCUT2D eigenvalue weighted by molar-refractivity contribution is 5.83. The summed E-state index contributed by atoms with van der Waals surface area (Å²) >= 11 is 0. The van der Waals surface area contributed by atoms with E-state index < -0.39 is 10.2 Å². The molecule has 0 radical (unpaired) electrons. The molecular formula is C39H33ClN2O4. The number of hydrogen-bond donors (Lipinski definition) is 0.